The topological polar surface area (TPSA) is 40.5 Å². The van der Waals surface area contributed by atoms with Crippen molar-refractivity contribution in [2.45, 2.75) is 19.3 Å². The number of alkyl halides is 2. The minimum absolute atomic E-state index is 0.0539. The molecule has 1 aromatic rings. The number of aryl methyl sites for hydroxylation is 1. The van der Waals surface area contributed by atoms with Crippen molar-refractivity contribution < 1.29 is 23.1 Å². The van der Waals surface area contributed by atoms with E-state index in [-0.39, 0.29) is 25.4 Å². The number of hydrogen-bond donors (Lipinski definition) is 1. The van der Waals surface area contributed by atoms with Crippen LogP contribution in [0.1, 0.15) is 12.0 Å². The first-order valence-electron chi connectivity index (χ1n) is 5.94. The molecule has 0 aromatic heterocycles. The number of aliphatic hydroxyl groups excluding tert-OH is 1. The fourth-order valence-corrected chi connectivity index (χ4v) is 1.67. The summed E-state index contributed by atoms with van der Waals surface area (Å²) in [6.07, 6.45) is -2.22. The van der Waals surface area contributed by atoms with Gasteiger partial charge in [0.1, 0.15) is 5.82 Å². The molecule has 0 aliphatic heterocycles. The minimum Gasteiger partial charge on any atom is -0.395 e. The normalized spacial score (nSPS) is 10.8. The van der Waals surface area contributed by atoms with E-state index < -0.39 is 18.9 Å². The monoisotopic (exact) mass is 275 g/mol. The Morgan fingerprint density at radius 2 is 1.89 bits per heavy atom. The zero-order chi connectivity index (χ0) is 14.3. The first-order valence-corrected chi connectivity index (χ1v) is 5.94. The Morgan fingerprint density at radius 1 is 1.26 bits per heavy atom. The summed E-state index contributed by atoms with van der Waals surface area (Å²) in [5, 5.41) is 8.73. The molecule has 0 spiro atoms. The van der Waals surface area contributed by atoms with E-state index in [9.17, 15) is 18.0 Å². The highest BCUT2D eigenvalue weighted by Gasteiger charge is 2.17. The molecule has 3 nitrogen and oxygen atoms in total. The number of benzene rings is 1. The summed E-state index contributed by atoms with van der Waals surface area (Å²) in [6.45, 7) is -1.13. The van der Waals surface area contributed by atoms with E-state index in [0.29, 0.717) is 6.42 Å². The predicted octanol–water partition coefficient (Wildman–Crippen LogP) is 1.84. The zero-order valence-corrected chi connectivity index (χ0v) is 10.4. The summed E-state index contributed by atoms with van der Waals surface area (Å²) in [6, 6.07) is 5.66. The van der Waals surface area contributed by atoms with E-state index in [1.165, 1.54) is 12.1 Å². The smallest absolute Gasteiger partial charge is 0.255 e. The maximum atomic E-state index is 12.7. The SMILES string of the molecule is O=C(CCc1ccc(F)cc1)N(CCO)CC(F)F. The van der Waals surface area contributed by atoms with Gasteiger partial charge in [0.2, 0.25) is 5.91 Å². The molecule has 1 N–H and O–H groups in total. The molecule has 0 radical (unpaired) electrons. The van der Waals surface area contributed by atoms with Gasteiger partial charge >= 0.3 is 0 Å². The fourth-order valence-electron chi connectivity index (χ4n) is 1.67. The van der Waals surface area contributed by atoms with E-state index in [1.54, 1.807) is 12.1 Å². The van der Waals surface area contributed by atoms with Crippen molar-refractivity contribution in [1.82, 2.24) is 4.90 Å². The van der Waals surface area contributed by atoms with Crippen LogP contribution in [0.4, 0.5) is 13.2 Å². The van der Waals surface area contributed by atoms with Crippen molar-refractivity contribution in [2.75, 3.05) is 19.7 Å². The molecule has 1 aromatic carbocycles. The number of aliphatic hydroxyl groups is 1. The summed E-state index contributed by atoms with van der Waals surface area (Å²) in [7, 11) is 0. The van der Waals surface area contributed by atoms with Crippen LogP contribution in [0.5, 0.6) is 0 Å². The van der Waals surface area contributed by atoms with Gasteiger partial charge in [-0.05, 0) is 24.1 Å². The Hall–Kier alpha value is -1.56. The maximum absolute atomic E-state index is 12.7. The largest absolute Gasteiger partial charge is 0.395 e. The molecule has 0 unspecified atom stereocenters. The van der Waals surface area contributed by atoms with E-state index in [4.69, 9.17) is 5.11 Å². The number of rotatable bonds is 7. The van der Waals surface area contributed by atoms with Crippen molar-refractivity contribution in [1.29, 1.82) is 0 Å². The third-order valence-corrected chi connectivity index (χ3v) is 2.62. The van der Waals surface area contributed by atoms with Crippen molar-refractivity contribution in [3.8, 4) is 0 Å². The van der Waals surface area contributed by atoms with Crippen LogP contribution in [-0.4, -0.2) is 42.0 Å². The van der Waals surface area contributed by atoms with E-state index >= 15 is 0 Å². The van der Waals surface area contributed by atoms with Gasteiger partial charge in [-0.25, -0.2) is 13.2 Å². The Balaban J connectivity index is 2.49. The van der Waals surface area contributed by atoms with Gasteiger partial charge in [0.15, 0.2) is 0 Å². The minimum atomic E-state index is -2.62. The lowest BCUT2D eigenvalue weighted by Crippen LogP contribution is -2.37. The highest BCUT2D eigenvalue weighted by atomic mass is 19.3. The second kappa shape index (κ2) is 7.78. The molecule has 19 heavy (non-hydrogen) atoms. The molecular formula is C13H16F3NO2. The average Bonchev–Trinajstić information content (AvgIpc) is 2.37. The molecule has 1 amide bonds. The van der Waals surface area contributed by atoms with Crippen LogP contribution in [0.2, 0.25) is 0 Å². The van der Waals surface area contributed by atoms with Gasteiger partial charge in [-0.3, -0.25) is 4.79 Å². The Bertz CT molecular complexity index is 395. The first-order chi connectivity index (χ1) is 9.02. The fraction of sp³-hybridized carbons (Fsp3) is 0.462. The van der Waals surface area contributed by atoms with Crippen molar-refractivity contribution in [3.63, 3.8) is 0 Å². The molecule has 6 heteroatoms. The number of hydrogen-bond acceptors (Lipinski definition) is 2. The highest BCUT2D eigenvalue weighted by Crippen LogP contribution is 2.08. The van der Waals surface area contributed by atoms with Gasteiger partial charge in [-0.2, -0.15) is 0 Å². The van der Waals surface area contributed by atoms with Crippen molar-refractivity contribution in [3.05, 3.63) is 35.6 Å². The van der Waals surface area contributed by atoms with Gasteiger partial charge in [0.25, 0.3) is 6.43 Å². The van der Waals surface area contributed by atoms with Gasteiger partial charge in [-0.1, -0.05) is 12.1 Å². The highest BCUT2D eigenvalue weighted by molar-refractivity contribution is 5.76. The third kappa shape index (κ3) is 5.74. The lowest BCUT2D eigenvalue weighted by atomic mass is 10.1. The van der Waals surface area contributed by atoms with E-state index in [0.717, 1.165) is 10.5 Å². The molecule has 0 atom stereocenters. The molecule has 106 valence electrons. The molecule has 1 rings (SSSR count). The standard InChI is InChI=1S/C13H16F3NO2/c14-11-4-1-10(2-5-11)3-6-13(19)17(7-8-18)9-12(15)16/h1-2,4-5,12,18H,3,6-9H2. The summed E-state index contributed by atoms with van der Waals surface area (Å²) in [5.41, 5.74) is 0.760. The van der Waals surface area contributed by atoms with Gasteiger partial charge in [0.05, 0.1) is 13.2 Å². The predicted molar refractivity (Wildman–Crippen MR) is 64.4 cm³/mol. The molecule has 0 heterocycles. The summed E-state index contributed by atoms with van der Waals surface area (Å²) >= 11 is 0. The number of carbonyl (C=O) groups is 1. The second-order valence-electron chi connectivity index (χ2n) is 4.08. The van der Waals surface area contributed by atoms with Crippen LogP contribution in [0.25, 0.3) is 0 Å². The molecule has 0 aliphatic carbocycles. The second-order valence-corrected chi connectivity index (χ2v) is 4.08. The van der Waals surface area contributed by atoms with Crippen LogP contribution < -0.4 is 0 Å². The Kier molecular flexibility index (Phi) is 6.35. The van der Waals surface area contributed by atoms with Crippen LogP contribution in [0.15, 0.2) is 24.3 Å². The van der Waals surface area contributed by atoms with Gasteiger partial charge in [-0.15, -0.1) is 0 Å². The molecule has 0 saturated heterocycles. The summed E-state index contributed by atoms with van der Waals surface area (Å²) < 4.78 is 37.2. The van der Waals surface area contributed by atoms with Gasteiger partial charge < -0.3 is 10.0 Å². The molecule has 0 bridgehead atoms. The summed E-state index contributed by atoms with van der Waals surface area (Å²) in [5.74, 6) is -0.812. The number of amides is 1. The maximum Gasteiger partial charge on any atom is 0.255 e. The zero-order valence-electron chi connectivity index (χ0n) is 10.4. The van der Waals surface area contributed by atoms with Crippen LogP contribution in [0, 0.1) is 5.82 Å². The van der Waals surface area contributed by atoms with E-state index in [2.05, 4.69) is 0 Å². The molecule has 0 aliphatic rings. The summed E-state index contributed by atoms with van der Waals surface area (Å²) in [4.78, 5) is 12.7. The number of carbonyl (C=O) groups excluding carboxylic acids is 1. The molecule has 0 fully saturated rings. The molecule has 0 saturated carbocycles. The van der Waals surface area contributed by atoms with Gasteiger partial charge in [0, 0.05) is 13.0 Å². The van der Waals surface area contributed by atoms with Crippen LogP contribution in [0.3, 0.4) is 0 Å². The quantitative estimate of drug-likeness (QED) is 0.825. The van der Waals surface area contributed by atoms with Crippen molar-refractivity contribution in [2.24, 2.45) is 0 Å². The third-order valence-electron chi connectivity index (χ3n) is 2.62. The number of halogens is 3. The Morgan fingerprint density at radius 3 is 2.42 bits per heavy atom. The van der Waals surface area contributed by atoms with E-state index in [1.807, 2.05) is 0 Å². The molecular weight excluding hydrogens is 259 g/mol. The Labute approximate surface area is 109 Å². The lowest BCUT2D eigenvalue weighted by molar-refractivity contribution is -0.133. The van der Waals surface area contributed by atoms with Crippen molar-refractivity contribution >= 4 is 5.91 Å². The lowest BCUT2D eigenvalue weighted by Gasteiger charge is -2.21. The first kappa shape index (κ1) is 15.5. The average molecular weight is 275 g/mol. The number of nitrogens with zero attached hydrogens (tertiary/aromatic N) is 1. The van der Waals surface area contributed by atoms with Crippen LogP contribution in [-0.2, 0) is 11.2 Å². The van der Waals surface area contributed by atoms with Crippen LogP contribution >= 0.6 is 0 Å².